The third-order valence-electron chi connectivity index (χ3n) is 5.03. The summed E-state index contributed by atoms with van der Waals surface area (Å²) in [5.74, 6) is 1.12. The number of carbonyl (C=O) groups is 1. The first-order valence-corrected chi connectivity index (χ1v) is 8.00. The van der Waals surface area contributed by atoms with E-state index in [1.807, 2.05) is 0 Å². The van der Waals surface area contributed by atoms with Crippen molar-refractivity contribution in [2.45, 2.75) is 57.0 Å². The summed E-state index contributed by atoms with van der Waals surface area (Å²) in [5.41, 5.74) is 0.248. The van der Waals surface area contributed by atoms with Crippen LogP contribution in [-0.4, -0.2) is 41.7 Å². The van der Waals surface area contributed by atoms with Gasteiger partial charge in [-0.25, -0.2) is 0 Å². The Morgan fingerprint density at radius 1 is 1.28 bits per heavy atom. The standard InChI is InChI=1S/C14H24N2OS/c17-13(9-14(10-18)5-6-14)15-11-4-8-16-7-2-1-3-12(11)16/h11-12,18H,1-10H2,(H,15,17). The molecule has 2 unspecified atom stereocenters. The first-order chi connectivity index (χ1) is 8.72. The van der Waals surface area contributed by atoms with Crippen molar-refractivity contribution in [3.8, 4) is 0 Å². The topological polar surface area (TPSA) is 32.3 Å². The molecule has 4 heteroatoms. The Balaban J connectivity index is 1.51. The van der Waals surface area contributed by atoms with E-state index in [-0.39, 0.29) is 11.3 Å². The fourth-order valence-electron chi connectivity index (χ4n) is 3.58. The van der Waals surface area contributed by atoms with Gasteiger partial charge in [0.25, 0.3) is 0 Å². The molecule has 2 saturated heterocycles. The molecule has 1 N–H and O–H groups in total. The van der Waals surface area contributed by atoms with Gasteiger partial charge < -0.3 is 5.32 Å². The van der Waals surface area contributed by atoms with Crippen molar-refractivity contribution >= 4 is 18.5 Å². The monoisotopic (exact) mass is 268 g/mol. The minimum atomic E-state index is 0.248. The number of fused-ring (bicyclic) bond motifs is 1. The zero-order valence-electron chi connectivity index (χ0n) is 11.0. The highest BCUT2D eigenvalue weighted by Gasteiger charge is 2.44. The number of nitrogens with one attached hydrogen (secondary N) is 1. The summed E-state index contributed by atoms with van der Waals surface area (Å²) in [6.45, 7) is 2.41. The van der Waals surface area contributed by atoms with Crippen molar-refractivity contribution in [3.63, 3.8) is 0 Å². The van der Waals surface area contributed by atoms with Crippen molar-refractivity contribution in [2.75, 3.05) is 18.8 Å². The van der Waals surface area contributed by atoms with Gasteiger partial charge in [-0.2, -0.15) is 12.6 Å². The Morgan fingerprint density at radius 2 is 2.11 bits per heavy atom. The van der Waals surface area contributed by atoms with E-state index in [0.29, 0.717) is 18.5 Å². The van der Waals surface area contributed by atoms with Gasteiger partial charge in [-0.3, -0.25) is 9.69 Å². The number of carbonyl (C=O) groups excluding carboxylic acids is 1. The van der Waals surface area contributed by atoms with Crippen molar-refractivity contribution in [3.05, 3.63) is 0 Å². The highest BCUT2D eigenvalue weighted by atomic mass is 32.1. The highest BCUT2D eigenvalue weighted by Crippen LogP contribution is 2.49. The van der Waals surface area contributed by atoms with Crippen LogP contribution in [0.2, 0.25) is 0 Å². The lowest BCUT2D eigenvalue weighted by Crippen LogP contribution is -2.47. The Morgan fingerprint density at radius 3 is 2.83 bits per heavy atom. The average Bonchev–Trinajstić information content (AvgIpc) is 3.04. The molecule has 0 aromatic heterocycles. The maximum atomic E-state index is 12.1. The van der Waals surface area contributed by atoms with Crippen LogP contribution in [0, 0.1) is 5.41 Å². The third-order valence-corrected chi connectivity index (χ3v) is 5.70. The predicted octanol–water partition coefficient (Wildman–Crippen LogP) is 1.83. The van der Waals surface area contributed by atoms with Crippen LogP contribution in [0.15, 0.2) is 0 Å². The average molecular weight is 268 g/mol. The van der Waals surface area contributed by atoms with E-state index in [4.69, 9.17) is 0 Å². The smallest absolute Gasteiger partial charge is 0.220 e. The van der Waals surface area contributed by atoms with Crippen molar-refractivity contribution in [1.82, 2.24) is 10.2 Å². The molecule has 1 amide bonds. The lowest BCUT2D eigenvalue weighted by Gasteiger charge is -2.32. The molecule has 2 atom stereocenters. The molecular formula is C14H24N2OS. The Hall–Kier alpha value is -0.220. The van der Waals surface area contributed by atoms with Crippen LogP contribution in [0.5, 0.6) is 0 Å². The molecular weight excluding hydrogens is 244 g/mol. The summed E-state index contributed by atoms with van der Waals surface area (Å²) < 4.78 is 0. The minimum Gasteiger partial charge on any atom is -0.352 e. The largest absolute Gasteiger partial charge is 0.352 e. The van der Waals surface area contributed by atoms with Gasteiger partial charge in [0.1, 0.15) is 0 Å². The van der Waals surface area contributed by atoms with E-state index in [1.165, 1.54) is 45.2 Å². The Bertz CT molecular complexity index is 330. The maximum absolute atomic E-state index is 12.1. The summed E-state index contributed by atoms with van der Waals surface area (Å²) in [6, 6.07) is 1.03. The number of rotatable bonds is 4. The second kappa shape index (κ2) is 5.04. The molecule has 0 aromatic carbocycles. The van der Waals surface area contributed by atoms with Gasteiger partial charge in [0.05, 0.1) is 0 Å². The molecule has 1 aliphatic carbocycles. The van der Waals surface area contributed by atoms with E-state index in [0.717, 1.165) is 12.2 Å². The van der Waals surface area contributed by atoms with Crippen molar-refractivity contribution < 1.29 is 4.79 Å². The normalized spacial score (nSPS) is 34.1. The second-order valence-electron chi connectivity index (χ2n) is 6.40. The van der Waals surface area contributed by atoms with Gasteiger partial charge in [-0.05, 0) is 49.8 Å². The number of hydrogen-bond donors (Lipinski definition) is 2. The molecule has 2 aliphatic heterocycles. The van der Waals surface area contributed by atoms with E-state index < -0.39 is 0 Å². The van der Waals surface area contributed by atoms with E-state index in [1.54, 1.807) is 0 Å². The first-order valence-electron chi connectivity index (χ1n) is 7.37. The maximum Gasteiger partial charge on any atom is 0.220 e. The number of amides is 1. The molecule has 1 saturated carbocycles. The molecule has 3 rings (SSSR count). The van der Waals surface area contributed by atoms with Gasteiger partial charge in [-0.1, -0.05) is 6.42 Å². The number of nitrogens with zero attached hydrogens (tertiary/aromatic N) is 1. The van der Waals surface area contributed by atoms with Crippen LogP contribution >= 0.6 is 12.6 Å². The van der Waals surface area contributed by atoms with Gasteiger partial charge in [0, 0.05) is 25.0 Å². The van der Waals surface area contributed by atoms with Gasteiger partial charge in [0.2, 0.25) is 5.91 Å². The molecule has 3 fully saturated rings. The van der Waals surface area contributed by atoms with Gasteiger partial charge in [-0.15, -0.1) is 0 Å². The third kappa shape index (κ3) is 2.55. The lowest BCUT2D eigenvalue weighted by molar-refractivity contribution is -0.123. The number of hydrogen-bond acceptors (Lipinski definition) is 3. The van der Waals surface area contributed by atoms with Gasteiger partial charge >= 0.3 is 0 Å². The van der Waals surface area contributed by atoms with Crippen LogP contribution in [0.3, 0.4) is 0 Å². The zero-order chi connectivity index (χ0) is 12.6. The minimum absolute atomic E-state index is 0.248. The van der Waals surface area contributed by atoms with Crippen LogP contribution in [0.25, 0.3) is 0 Å². The molecule has 0 spiro atoms. The molecule has 0 bridgehead atoms. The van der Waals surface area contributed by atoms with Crippen molar-refractivity contribution in [1.29, 1.82) is 0 Å². The fourth-order valence-corrected chi connectivity index (χ4v) is 4.01. The lowest BCUT2D eigenvalue weighted by atomic mass is 9.98. The summed E-state index contributed by atoms with van der Waals surface area (Å²) in [4.78, 5) is 14.7. The quantitative estimate of drug-likeness (QED) is 0.763. The molecule has 0 radical (unpaired) electrons. The van der Waals surface area contributed by atoms with E-state index in [9.17, 15) is 4.79 Å². The SMILES string of the molecule is O=C(CC1(CS)CC1)NC1CCN2CCCCC12. The highest BCUT2D eigenvalue weighted by molar-refractivity contribution is 7.80. The Kier molecular flexibility index (Phi) is 3.59. The first kappa shape index (κ1) is 12.8. The summed E-state index contributed by atoms with van der Waals surface area (Å²) in [7, 11) is 0. The Labute approximate surface area is 115 Å². The van der Waals surface area contributed by atoms with E-state index in [2.05, 4.69) is 22.8 Å². The molecule has 102 valence electrons. The van der Waals surface area contributed by atoms with Crippen LogP contribution in [-0.2, 0) is 4.79 Å². The summed E-state index contributed by atoms with van der Waals surface area (Å²) >= 11 is 4.37. The van der Waals surface area contributed by atoms with E-state index >= 15 is 0 Å². The number of piperidine rings is 1. The zero-order valence-corrected chi connectivity index (χ0v) is 11.9. The van der Waals surface area contributed by atoms with Crippen LogP contribution in [0.1, 0.15) is 44.9 Å². The number of thiol groups is 1. The summed E-state index contributed by atoms with van der Waals surface area (Å²) in [5, 5.41) is 3.29. The molecule has 3 aliphatic rings. The molecule has 3 nitrogen and oxygen atoms in total. The second-order valence-corrected chi connectivity index (χ2v) is 6.71. The molecule has 18 heavy (non-hydrogen) atoms. The van der Waals surface area contributed by atoms with Gasteiger partial charge in [0.15, 0.2) is 0 Å². The molecule has 0 aromatic rings. The van der Waals surface area contributed by atoms with Crippen molar-refractivity contribution in [2.24, 2.45) is 5.41 Å². The molecule has 2 heterocycles. The van der Waals surface area contributed by atoms with Crippen LogP contribution < -0.4 is 5.32 Å². The fraction of sp³-hybridized carbons (Fsp3) is 0.929. The predicted molar refractivity (Wildman–Crippen MR) is 75.9 cm³/mol. The summed E-state index contributed by atoms with van der Waals surface area (Å²) in [6.07, 6.45) is 8.13. The van der Waals surface area contributed by atoms with Crippen LogP contribution in [0.4, 0.5) is 0 Å².